The minimum absolute atomic E-state index is 0.0676. The third-order valence-electron chi connectivity index (χ3n) is 5.57. The van der Waals surface area contributed by atoms with Crippen molar-refractivity contribution in [1.29, 1.82) is 0 Å². The van der Waals surface area contributed by atoms with E-state index in [4.69, 9.17) is 0 Å². The normalized spacial score (nSPS) is 22.8. The molecule has 0 spiro atoms. The second-order valence-corrected chi connectivity index (χ2v) is 7.40. The van der Waals surface area contributed by atoms with Crippen LogP contribution in [0.5, 0.6) is 0 Å². The van der Waals surface area contributed by atoms with Crippen LogP contribution in [0.1, 0.15) is 34.5 Å². The molecule has 4 heteroatoms. The summed E-state index contributed by atoms with van der Waals surface area (Å²) < 4.78 is 0. The van der Waals surface area contributed by atoms with Crippen LogP contribution in [-0.2, 0) is 6.54 Å². The first-order valence-electron chi connectivity index (χ1n) is 9.38. The highest BCUT2D eigenvalue weighted by molar-refractivity contribution is 5.92. The third kappa shape index (κ3) is 3.56. The minimum atomic E-state index is 0.0676. The molecule has 4 heterocycles. The standard InChI is InChI=1S/C22H25N3O/c1-2-17-6-5-7-18(12-17)13-24-14-19-9-10-20(24)16-25(15-19)22(26)21-8-3-4-11-23-21/h2-8,11-12,19-20H,1,9-10,13-16H2/t19-,20-/m1/s1. The highest BCUT2D eigenvalue weighted by Crippen LogP contribution is 2.30. The molecule has 0 unspecified atom stereocenters. The summed E-state index contributed by atoms with van der Waals surface area (Å²) in [5.41, 5.74) is 3.03. The number of piperidine rings is 1. The fourth-order valence-electron chi connectivity index (χ4n) is 4.24. The van der Waals surface area contributed by atoms with Crippen LogP contribution in [0.4, 0.5) is 0 Å². The number of amides is 1. The Bertz CT molecular complexity index is 789. The average molecular weight is 347 g/mol. The van der Waals surface area contributed by atoms with Gasteiger partial charge in [-0.05, 0) is 42.0 Å². The predicted octanol–water partition coefficient (Wildman–Crippen LogP) is 3.46. The van der Waals surface area contributed by atoms with Crippen molar-refractivity contribution in [3.8, 4) is 0 Å². The Kier molecular flexibility index (Phi) is 4.85. The average Bonchev–Trinajstić information content (AvgIpc) is 3.00. The van der Waals surface area contributed by atoms with Crippen LogP contribution in [-0.4, -0.2) is 46.4 Å². The molecule has 134 valence electrons. The summed E-state index contributed by atoms with van der Waals surface area (Å²) in [5, 5.41) is 0. The first-order valence-corrected chi connectivity index (χ1v) is 9.38. The van der Waals surface area contributed by atoms with Crippen LogP contribution in [0.15, 0.2) is 55.2 Å². The molecule has 0 N–H and O–H groups in total. The smallest absolute Gasteiger partial charge is 0.272 e. The number of carbonyl (C=O) groups is 1. The molecule has 5 rings (SSSR count). The summed E-state index contributed by atoms with van der Waals surface area (Å²) in [6.07, 6.45) is 5.96. The lowest BCUT2D eigenvalue weighted by atomic mass is 9.94. The number of carbonyl (C=O) groups excluding carboxylic acids is 1. The lowest BCUT2D eigenvalue weighted by molar-refractivity contribution is 0.0730. The van der Waals surface area contributed by atoms with Crippen molar-refractivity contribution < 1.29 is 4.79 Å². The molecule has 0 saturated carbocycles. The van der Waals surface area contributed by atoms with Crippen molar-refractivity contribution in [3.05, 3.63) is 72.1 Å². The van der Waals surface area contributed by atoms with E-state index in [0.717, 1.165) is 38.2 Å². The molecule has 3 aliphatic heterocycles. The van der Waals surface area contributed by atoms with Crippen LogP contribution in [0, 0.1) is 5.92 Å². The number of nitrogens with zero attached hydrogens (tertiary/aromatic N) is 3. The molecule has 3 saturated heterocycles. The van der Waals surface area contributed by atoms with Gasteiger partial charge < -0.3 is 4.90 Å². The fraction of sp³-hybridized carbons (Fsp3) is 0.364. The van der Waals surface area contributed by atoms with E-state index in [2.05, 4.69) is 40.7 Å². The second kappa shape index (κ2) is 7.42. The third-order valence-corrected chi connectivity index (χ3v) is 5.57. The van der Waals surface area contributed by atoms with Gasteiger partial charge in [-0.25, -0.2) is 0 Å². The molecule has 3 fully saturated rings. The van der Waals surface area contributed by atoms with Gasteiger partial charge in [-0.2, -0.15) is 0 Å². The Morgan fingerprint density at radius 1 is 1.15 bits per heavy atom. The molecular weight excluding hydrogens is 322 g/mol. The minimum Gasteiger partial charge on any atom is -0.335 e. The maximum atomic E-state index is 12.9. The number of fused-ring (bicyclic) bond motifs is 4. The monoisotopic (exact) mass is 347 g/mol. The molecule has 26 heavy (non-hydrogen) atoms. The molecule has 3 aliphatic rings. The lowest BCUT2D eigenvalue weighted by Gasteiger charge is -2.36. The van der Waals surface area contributed by atoms with Gasteiger partial charge in [0.1, 0.15) is 5.69 Å². The van der Waals surface area contributed by atoms with E-state index in [-0.39, 0.29) is 5.91 Å². The SMILES string of the molecule is C=Cc1cccc(CN2C[C@H]3CC[C@@H]2CN(C(=O)c2ccccn2)C3)c1. The van der Waals surface area contributed by atoms with Crippen molar-refractivity contribution >= 4 is 12.0 Å². The van der Waals surface area contributed by atoms with E-state index in [1.807, 2.05) is 29.2 Å². The molecule has 0 radical (unpaired) electrons. The van der Waals surface area contributed by atoms with E-state index in [1.54, 1.807) is 6.20 Å². The number of benzene rings is 1. The van der Waals surface area contributed by atoms with Crippen LogP contribution < -0.4 is 0 Å². The van der Waals surface area contributed by atoms with E-state index in [1.165, 1.54) is 12.0 Å². The molecule has 2 aromatic rings. The zero-order valence-corrected chi connectivity index (χ0v) is 15.1. The van der Waals surface area contributed by atoms with E-state index in [0.29, 0.717) is 17.7 Å². The van der Waals surface area contributed by atoms with Gasteiger partial charge in [0.2, 0.25) is 0 Å². The number of rotatable bonds is 4. The quantitative estimate of drug-likeness (QED) is 0.850. The molecule has 0 aliphatic carbocycles. The zero-order valence-electron chi connectivity index (χ0n) is 15.1. The zero-order chi connectivity index (χ0) is 17.9. The Morgan fingerprint density at radius 2 is 2.08 bits per heavy atom. The van der Waals surface area contributed by atoms with Crippen molar-refractivity contribution in [3.63, 3.8) is 0 Å². The van der Waals surface area contributed by atoms with Gasteiger partial charge >= 0.3 is 0 Å². The number of aromatic nitrogens is 1. The Labute approximate surface area is 155 Å². The largest absolute Gasteiger partial charge is 0.335 e. The van der Waals surface area contributed by atoms with Gasteiger partial charge in [-0.1, -0.05) is 43.0 Å². The molecule has 4 nitrogen and oxygen atoms in total. The Hall–Kier alpha value is -2.46. The summed E-state index contributed by atoms with van der Waals surface area (Å²) >= 11 is 0. The van der Waals surface area contributed by atoms with Crippen LogP contribution >= 0.6 is 0 Å². The first kappa shape index (κ1) is 17.0. The van der Waals surface area contributed by atoms with Gasteiger partial charge in [0.05, 0.1) is 0 Å². The summed E-state index contributed by atoms with van der Waals surface area (Å²) in [4.78, 5) is 21.7. The second-order valence-electron chi connectivity index (χ2n) is 7.40. The Balaban J connectivity index is 1.49. The molecule has 2 bridgehead atoms. The number of hydrogen-bond donors (Lipinski definition) is 0. The summed E-state index contributed by atoms with van der Waals surface area (Å²) in [6, 6.07) is 14.5. The van der Waals surface area contributed by atoms with Gasteiger partial charge in [0, 0.05) is 38.4 Å². The van der Waals surface area contributed by atoms with Gasteiger partial charge in [-0.15, -0.1) is 0 Å². The molecular formula is C22H25N3O. The highest BCUT2D eigenvalue weighted by atomic mass is 16.2. The van der Waals surface area contributed by atoms with Crippen molar-refractivity contribution in [2.45, 2.75) is 25.4 Å². The van der Waals surface area contributed by atoms with Gasteiger partial charge in [0.15, 0.2) is 0 Å². The maximum Gasteiger partial charge on any atom is 0.272 e. The molecule has 1 amide bonds. The number of pyridine rings is 1. The topological polar surface area (TPSA) is 36.4 Å². The van der Waals surface area contributed by atoms with Crippen molar-refractivity contribution in [2.75, 3.05) is 19.6 Å². The summed E-state index contributed by atoms with van der Waals surface area (Å²) in [5.74, 6) is 0.613. The highest BCUT2D eigenvalue weighted by Gasteiger charge is 2.36. The van der Waals surface area contributed by atoms with E-state index in [9.17, 15) is 4.79 Å². The van der Waals surface area contributed by atoms with Crippen LogP contribution in [0.3, 0.4) is 0 Å². The first-order chi connectivity index (χ1) is 12.7. The molecule has 2 atom stereocenters. The van der Waals surface area contributed by atoms with Gasteiger partial charge in [-0.3, -0.25) is 14.7 Å². The van der Waals surface area contributed by atoms with E-state index >= 15 is 0 Å². The summed E-state index contributed by atoms with van der Waals surface area (Å²) in [6.45, 7) is 7.51. The maximum absolute atomic E-state index is 12.9. The van der Waals surface area contributed by atoms with Crippen molar-refractivity contribution in [1.82, 2.24) is 14.8 Å². The fourth-order valence-corrected chi connectivity index (χ4v) is 4.24. The van der Waals surface area contributed by atoms with Crippen LogP contribution in [0.25, 0.3) is 6.08 Å². The molecule has 1 aromatic carbocycles. The Morgan fingerprint density at radius 3 is 2.88 bits per heavy atom. The molecule has 1 aromatic heterocycles. The van der Waals surface area contributed by atoms with Crippen molar-refractivity contribution in [2.24, 2.45) is 5.92 Å². The summed E-state index contributed by atoms with van der Waals surface area (Å²) in [7, 11) is 0. The number of hydrogen-bond acceptors (Lipinski definition) is 3. The van der Waals surface area contributed by atoms with E-state index < -0.39 is 0 Å². The van der Waals surface area contributed by atoms with Crippen LogP contribution in [0.2, 0.25) is 0 Å². The lowest BCUT2D eigenvalue weighted by Crippen LogP contribution is -2.44. The van der Waals surface area contributed by atoms with Gasteiger partial charge in [0.25, 0.3) is 5.91 Å². The predicted molar refractivity (Wildman–Crippen MR) is 104 cm³/mol.